The van der Waals surface area contributed by atoms with Gasteiger partial charge in [-0.3, -0.25) is 0 Å². The lowest BCUT2D eigenvalue weighted by molar-refractivity contribution is 0.0697. The van der Waals surface area contributed by atoms with E-state index >= 15 is 0 Å². The summed E-state index contributed by atoms with van der Waals surface area (Å²) in [5.41, 5.74) is 0.00889. The number of rotatable bonds is 3. The number of hydrogen-bond donors (Lipinski definition) is 2. The first kappa shape index (κ1) is 9.99. The predicted octanol–water partition coefficient (Wildman–Crippen LogP) is 0.608. The van der Waals surface area contributed by atoms with Gasteiger partial charge in [0.25, 0.3) is 0 Å². The third-order valence-electron chi connectivity index (χ3n) is 1.55. The highest BCUT2D eigenvalue weighted by Gasteiger charge is 2.11. The third-order valence-corrected chi connectivity index (χ3v) is 1.55. The number of aromatic carboxylic acids is 1. The number of carbonyl (C=O) groups is 1. The smallest absolute Gasteiger partial charge is 0.341 e. The fraction of sp³-hybridized carbons (Fsp3) is 0.222. The molecular formula is C9H9N3O2. The molecule has 1 aromatic rings. The fourth-order valence-electron chi connectivity index (χ4n) is 0.848. The minimum atomic E-state index is -1.09. The zero-order chi connectivity index (χ0) is 10.6. The molecule has 0 aromatic carbocycles. The molecule has 14 heavy (non-hydrogen) atoms. The molecule has 0 aliphatic heterocycles. The Morgan fingerprint density at radius 2 is 2.50 bits per heavy atom. The number of nitrogens with zero attached hydrogens (tertiary/aromatic N) is 2. The second-order valence-corrected chi connectivity index (χ2v) is 2.62. The van der Waals surface area contributed by atoms with E-state index in [4.69, 9.17) is 11.5 Å². The second kappa shape index (κ2) is 4.23. The summed E-state index contributed by atoms with van der Waals surface area (Å²) < 4.78 is 0. The van der Waals surface area contributed by atoms with E-state index in [1.165, 1.54) is 12.5 Å². The Hall–Kier alpha value is -2.09. The van der Waals surface area contributed by atoms with Crippen LogP contribution in [0.15, 0.2) is 12.5 Å². The molecule has 0 aliphatic rings. The van der Waals surface area contributed by atoms with Crippen molar-refractivity contribution in [2.75, 3.05) is 5.32 Å². The van der Waals surface area contributed by atoms with Gasteiger partial charge in [0.1, 0.15) is 17.7 Å². The first-order chi connectivity index (χ1) is 6.65. The number of terminal acetylenes is 1. The Morgan fingerprint density at radius 3 is 3.07 bits per heavy atom. The highest BCUT2D eigenvalue weighted by atomic mass is 16.4. The van der Waals surface area contributed by atoms with Crippen LogP contribution < -0.4 is 5.32 Å². The zero-order valence-electron chi connectivity index (χ0n) is 7.56. The topological polar surface area (TPSA) is 75.1 Å². The minimum absolute atomic E-state index is 0.00889. The van der Waals surface area contributed by atoms with E-state index < -0.39 is 5.97 Å². The van der Waals surface area contributed by atoms with E-state index in [1.54, 1.807) is 6.92 Å². The van der Waals surface area contributed by atoms with Crippen LogP contribution in [0, 0.1) is 12.3 Å². The monoisotopic (exact) mass is 191 g/mol. The lowest BCUT2D eigenvalue weighted by atomic mass is 10.3. The molecular weight excluding hydrogens is 182 g/mol. The fourth-order valence-corrected chi connectivity index (χ4v) is 0.848. The molecule has 0 amide bonds. The van der Waals surface area contributed by atoms with Crippen LogP contribution in [-0.2, 0) is 0 Å². The molecule has 72 valence electrons. The Bertz CT molecular complexity index is 384. The number of nitrogens with one attached hydrogen (secondary N) is 1. The molecule has 1 aromatic heterocycles. The average molecular weight is 191 g/mol. The lowest BCUT2D eigenvalue weighted by Gasteiger charge is -2.09. The number of aromatic nitrogens is 2. The minimum Gasteiger partial charge on any atom is -0.477 e. The average Bonchev–Trinajstić information content (AvgIpc) is 2.18. The maximum absolute atomic E-state index is 10.7. The van der Waals surface area contributed by atoms with Gasteiger partial charge < -0.3 is 10.4 Å². The third kappa shape index (κ3) is 2.20. The Labute approximate surface area is 81.2 Å². The van der Waals surface area contributed by atoms with Gasteiger partial charge in [-0.15, -0.1) is 6.42 Å². The first-order valence-corrected chi connectivity index (χ1v) is 3.91. The van der Waals surface area contributed by atoms with E-state index in [2.05, 4.69) is 21.2 Å². The van der Waals surface area contributed by atoms with Crippen molar-refractivity contribution in [3.05, 3.63) is 18.1 Å². The normalized spacial score (nSPS) is 11.4. The van der Waals surface area contributed by atoms with Crippen molar-refractivity contribution in [2.45, 2.75) is 13.0 Å². The van der Waals surface area contributed by atoms with Crippen LogP contribution in [0.25, 0.3) is 0 Å². The van der Waals surface area contributed by atoms with Crippen molar-refractivity contribution in [1.82, 2.24) is 9.97 Å². The van der Waals surface area contributed by atoms with Crippen molar-refractivity contribution in [2.24, 2.45) is 0 Å². The summed E-state index contributed by atoms with van der Waals surface area (Å²) >= 11 is 0. The molecule has 0 aliphatic carbocycles. The van der Waals surface area contributed by atoms with Gasteiger partial charge in [-0.05, 0) is 6.92 Å². The Balaban J connectivity index is 2.97. The highest BCUT2D eigenvalue weighted by Crippen LogP contribution is 2.10. The van der Waals surface area contributed by atoms with E-state index in [9.17, 15) is 4.79 Å². The number of hydrogen-bond acceptors (Lipinski definition) is 4. The molecule has 1 heterocycles. The molecule has 0 saturated carbocycles. The summed E-state index contributed by atoms with van der Waals surface area (Å²) in [4.78, 5) is 18.1. The standard InChI is InChI=1S/C9H9N3O2/c1-3-6(2)12-8-7(9(13)14)4-10-5-11-8/h1,4-6H,2H3,(H,13,14)(H,10,11,12). The van der Waals surface area contributed by atoms with Gasteiger partial charge in [-0.1, -0.05) is 5.92 Å². The van der Waals surface area contributed by atoms with Gasteiger partial charge in [-0.25, -0.2) is 14.8 Å². The SMILES string of the molecule is C#CC(C)Nc1ncncc1C(=O)O. The molecule has 0 saturated heterocycles. The van der Waals surface area contributed by atoms with Gasteiger partial charge >= 0.3 is 5.97 Å². The number of anilines is 1. The molecule has 0 radical (unpaired) electrons. The Kier molecular flexibility index (Phi) is 3.02. The highest BCUT2D eigenvalue weighted by molar-refractivity contribution is 5.92. The molecule has 0 spiro atoms. The maximum atomic E-state index is 10.7. The molecule has 1 rings (SSSR count). The van der Waals surface area contributed by atoms with E-state index in [1.807, 2.05) is 0 Å². The summed E-state index contributed by atoms with van der Waals surface area (Å²) in [5.74, 6) is 1.56. The molecule has 1 unspecified atom stereocenters. The summed E-state index contributed by atoms with van der Waals surface area (Å²) in [6, 6.07) is -0.275. The van der Waals surface area contributed by atoms with Crippen LogP contribution in [0.3, 0.4) is 0 Å². The van der Waals surface area contributed by atoms with Gasteiger partial charge in [0.2, 0.25) is 0 Å². The first-order valence-electron chi connectivity index (χ1n) is 3.91. The quantitative estimate of drug-likeness (QED) is 0.684. The summed E-state index contributed by atoms with van der Waals surface area (Å²) in [5, 5.41) is 11.6. The van der Waals surface area contributed by atoms with Crippen molar-refractivity contribution < 1.29 is 9.90 Å². The van der Waals surface area contributed by atoms with Crippen molar-refractivity contribution in [1.29, 1.82) is 0 Å². The van der Waals surface area contributed by atoms with Crippen LogP contribution in [-0.4, -0.2) is 27.1 Å². The van der Waals surface area contributed by atoms with E-state index in [0.29, 0.717) is 0 Å². The number of carboxylic acid groups (broad SMARTS) is 1. The molecule has 2 N–H and O–H groups in total. The zero-order valence-corrected chi connectivity index (χ0v) is 7.56. The van der Waals surface area contributed by atoms with Gasteiger partial charge in [0.05, 0.1) is 6.04 Å². The molecule has 0 fully saturated rings. The molecule has 0 bridgehead atoms. The van der Waals surface area contributed by atoms with Crippen LogP contribution >= 0.6 is 0 Å². The van der Waals surface area contributed by atoms with Gasteiger partial charge in [-0.2, -0.15) is 0 Å². The van der Waals surface area contributed by atoms with Gasteiger partial charge in [0.15, 0.2) is 0 Å². The predicted molar refractivity (Wildman–Crippen MR) is 50.9 cm³/mol. The van der Waals surface area contributed by atoms with Crippen LogP contribution in [0.4, 0.5) is 5.82 Å². The van der Waals surface area contributed by atoms with E-state index in [-0.39, 0.29) is 17.4 Å². The molecule has 5 heteroatoms. The van der Waals surface area contributed by atoms with E-state index in [0.717, 1.165) is 0 Å². The lowest BCUT2D eigenvalue weighted by Crippen LogP contribution is -2.16. The summed E-state index contributed by atoms with van der Waals surface area (Å²) in [7, 11) is 0. The molecule has 5 nitrogen and oxygen atoms in total. The second-order valence-electron chi connectivity index (χ2n) is 2.62. The van der Waals surface area contributed by atoms with Crippen molar-refractivity contribution in [3.63, 3.8) is 0 Å². The summed E-state index contributed by atoms with van der Waals surface area (Å²) in [6.45, 7) is 1.73. The van der Waals surface area contributed by atoms with Crippen LogP contribution in [0.2, 0.25) is 0 Å². The summed E-state index contributed by atoms with van der Waals surface area (Å²) in [6.07, 6.45) is 7.63. The van der Waals surface area contributed by atoms with Crippen LogP contribution in [0.5, 0.6) is 0 Å². The van der Waals surface area contributed by atoms with Crippen molar-refractivity contribution in [3.8, 4) is 12.3 Å². The maximum Gasteiger partial charge on any atom is 0.341 e. The number of carboxylic acids is 1. The van der Waals surface area contributed by atoms with Crippen LogP contribution in [0.1, 0.15) is 17.3 Å². The van der Waals surface area contributed by atoms with Gasteiger partial charge in [0, 0.05) is 6.20 Å². The Morgan fingerprint density at radius 1 is 1.79 bits per heavy atom. The van der Waals surface area contributed by atoms with Crippen molar-refractivity contribution >= 4 is 11.8 Å². The largest absolute Gasteiger partial charge is 0.477 e. The molecule has 1 atom stereocenters.